The van der Waals surface area contributed by atoms with Crippen LogP contribution in [0.4, 0.5) is 20.5 Å². The fourth-order valence-corrected chi connectivity index (χ4v) is 4.39. The number of aromatic nitrogens is 6. The number of hydrogen-bond acceptors (Lipinski definition) is 7. The number of hydrogen-bond donors (Lipinski definition) is 3. The summed E-state index contributed by atoms with van der Waals surface area (Å²) in [5, 5.41) is 13.3. The number of nitrogens with zero attached hydrogens (tertiary/aromatic N) is 6. The molecular formula is C24H31F2N9O. The highest BCUT2D eigenvalue weighted by atomic mass is 19.3. The highest BCUT2D eigenvalue weighted by molar-refractivity contribution is 5.89. The summed E-state index contributed by atoms with van der Waals surface area (Å²) >= 11 is 0. The third-order valence-electron chi connectivity index (χ3n) is 6.29. The number of alkyl halides is 2. The molecule has 4 aromatic heterocycles. The largest absolute Gasteiger partial charge is 0.371 e. The first-order chi connectivity index (χ1) is 17.1. The van der Waals surface area contributed by atoms with Crippen LogP contribution in [0.1, 0.15) is 38.9 Å². The highest BCUT2D eigenvalue weighted by Gasteiger charge is 2.31. The summed E-state index contributed by atoms with van der Waals surface area (Å²) in [7, 11) is 3.52. The van der Waals surface area contributed by atoms with E-state index in [0.29, 0.717) is 34.4 Å². The fraction of sp³-hybridized carbons (Fsp3) is 0.458. The predicted octanol–water partition coefficient (Wildman–Crippen LogP) is 3.86. The molecule has 0 saturated heterocycles. The molecule has 192 valence electrons. The Labute approximate surface area is 207 Å². The molecule has 0 unspecified atom stereocenters. The first-order valence-electron chi connectivity index (χ1n) is 11.8. The van der Waals surface area contributed by atoms with E-state index in [0.717, 1.165) is 23.9 Å². The van der Waals surface area contributed by atoms with Crippen LogP contribution in [0.5, 0.6) is 0 Å². The normalized spacial score (nSPS) is 14.3. The number of imidazole rings is 1. The molecule has 1 saturated carbocycles. The Morgan fingerprint density at radius 2 is 1.89 bits per heavy atom. The van der Waals surface area contributed by atoms with Gasteiger partial charge >= 0.3 is 0 Å². The first-order valence-corrected chi connectivity index (χ1v) is 11.8. The van der Waals surface area contributed by atoms with Crippen molar-refractivity contribution in [1.29, 1.82) is 0 Å². The van der Waals surface area contributed by atoms with Crippen molar-refractivity contribution < 1.29 is 13.6 Å². The van der Waals surface area contributed by atoms with Crippen LogP contribution in [0.25, 0.3) is 27.9 Å². The van der Waals surface area contributed by atoms with E-state index >= 15 is 0 Å². The maximum absolute atomic E-state index is 12.9. The van der Waals surface area contributed by atoms with Gasteiger partial charge in [-0.25, -0.2) is 23.3 Å². The van der Waals surface area contributed by atoms with Crippen LogP contribution in [-0.4, -0.2) is 61.1 Å². The second-order valence-corrected chi connectivity index (χ2v) is 9.10. The Morgan fingerprint density at radius 1 is 1.14 bits per heavy atom. The molecular weight excluding hydrogens is 468 g/mol. The van der Waals surface area contributed by atoms with E-state index < -0.39 is 13.0 Å². The first kappa shape index (κ1) is 25.3. The van der Waals surface area contributed by atoms with Crippen LogP contribution < -0.4 is 16.0 Å². The third-order valence-corrected chi connectivity index (χ3v) is 6.29. The standard InChI is InChI=1S/C17H18F2N8.C7H13NO/c1-9-22-12-5-4-11(23-16(12)26(9)8-13(18)19)10-6-7-27-14(10)15(20-2)24-17(21-3)25-27;1-6(9)8-7(2)4-3-5-7/h4-7,13H,8H2,1-3H3,(H2,20,21,24,25);3-5H2,1-2H3,(H,8,9). The zero-order valence-corrected chi connectivity index (χ0v) is 21.1. The van der Waals surface area contributed by atoms with E-state index in [4.69, 9.17) is 0 Å². The molecule has 0 spiro atoms. The molecule has 12 heteroatoms. The second-order valence-electron chi connectivity index (χ2n) is 9.10. The molecule has 0 aliphatic heterocycles. The number of rotatable bonds is 6. The Hall–Kier alpha value is -3.83. The number of carbonyl (C=O) groups excluding carboxylic acids is 1. The van der Waals surface area contributed by atoms with Gasteiger partial charge in [-0.05, 0) is 51.3 Å². The molecule has 1 amide bonds. The number of carbonyl (C=O) groups is 1. The molecule has 1 fully saturated rings. The summed E-state index contributed by atoms with van der Waals surface area (Å²) in [6.45, 7) is 4.93. The molecule has 36 heavy (non-hydrogen) atoms. The van der Waals surface area contributed by atoms with Crippen molar-refractivity contribution in [2.45, 2.75) is 58.5 Å². The smallest absolute Gasteiger partial charge is 0.256 e. The maximum atomic E-state index is 12.9. The lowest BCUT2D eigenvalue weighted by Crippen LogP contribution is -2.50. The van der Waals surface area contributed by atoms with Gasteiger partial charge in [-0.1, -0.05) is 0 Å². The van der Waals surface area contributed by atoms with Crippen molar-refractivity contribution in [2.24, 2.45) is 0 Å². The Balaban J connectivity index is 0.000000286. The number of amides is 1. The summed E-state index contributed by atoms with van der Waals surface area (Å²) in [5.41, 5.74) is 3.35. The van der Waals surface area contributed by atoms with Gasteiger partial charge in [0, 0.05) is 38.3 Å². The van der Waals surface area contributed by atoms with Gasteiger partial charge in [0.15, 0.2) is 11.5 Å². The molecule has 5 rings (SSSR count). The molecule has 0 bridgehead atoms. The van der Waals surface area contributed by atoms with Gasteiger partial charge in [-0.2, -0.15) is 4.98 Å². The van der Waals surface area contributed by atoms with Gasteiger partial charge in [-0.3, -0.25) is 4.79 Å². The van der Waals surface area contributed by atoms with Crippen LogP contribution >= 0.6 is 0 Å². The molecule has 0 atom stereocenters. The summed E-state index contributed by atoms with van der Waals surface area (Å²) in [6, 6.07) is 5.49. The summed E-state index contributed by atoms with van der Waals surface area (Å²) in [5.74, 6) is 1.71. The van der Waals surface area contributed by atoms with Crippen molar-refractivity contribution in [3.05, 3.63) is 30.2 Å². The van der Waals surface area contributed by atoms with E-state index in [1.807, 2.05) is 18.3 Å². The molecule has 3 N–H and O–H groups in total. The van der Waals surface area contributed by atoms with E-state index in [1.54, 1.807) is 38.5 Å². The lowest BCUT2D eigenvalue weighted by Gasteiger charge is -2.38. The van der Waals surface area contributed by atoms with Gasteiger partial charge < -0.3 is 20.5 Å². The van der Waals surface area contributed by atoms with Crippen molar-refractivity contribution >= 4 is 34.4 Å². The minimum absolute atomic E-state index is 0.0946. The topological polar surface area (TPSA) is 114 Å². The average Bonchev–Trinajstić information content (AvgIpc) is 3.37. The van der Waals surface area contributed by atoms with Crippen LogP contribution in [-0.2, 0) is 11.3 Å². The lowest BCUT2D eigenvalue weighted by atomic mass is 9.78. The van der Waals surface area contributed by atoms with Crippen molar-refractivity contribution in [2.75, 3.05) is 24.7 Å². The van der Waals surface area contributed by atoms with Crippen LogP contribution in [0.15, 0.2) is 24.4 Å². The summed E-state index contributed by atoms with van der Waals surface area (Å²) in [6.07, 6.45) is 2.88. The monoisotopic (exact) mass is 499 g/mol. The molecule has 4 aromatic rings. The quantitative estimate of drug-likeness (QED) is 0.369. The minimum Gasteiger partial charge on any atom is -0.371 e. The van der Waals surface area contributed by atoms with Crippen LogP contribution in [0.3, 0.4) is 0 Å². The van der Waals surface area contributed by atoms with Crippen molar-refractivity contribution in [3.63, 3.8) is 0 Å². The summed E-state index contributed by atoms with van der Waals surface area (Å²) < 4.78 is 29.0. The molecule has 0 aromatic carbocycles. The van der Waals surface area contributed by atoms with Gasteiger partial charge in [-0.15, -0.1) is 5.10 Å². The van der Waals surface area contributed by atoms with Crippen molar-refractivity contribution in [1.82, 2.24) is 34.4 Å². The molecule has 4 heterocycles. The van der Waals surface area contributed by atoms with Crippen LogP contribution in [0.2, 0.25) is 0 Å². The third kappa shape index (κ3) is 5.07. The molecule has 0 radical (unpaired) electrons. The number of aryl methyl sites for hydroxylation is 1. The van der Waals surface area contributed by atoms with Gasteiger partial charge in [0.1, 0.15) is 16.9 Å². The number of pyridine rings is 1. The zero-order valence-electron chi connectivity index (χ0n) is 21.1. The van der Waals surface area contributed by atoms with Gasteiger partial charge in [0.05, 0.1) is 12.2 Å². The van der Waals surface area contributed by atoms with E-state index in [1.165, 1.54) is 11.0 Å². The highest BCUT2D eigenvalue weighted by Crippen LogP contribution is 2.31. The number of halogens is 2. The Bertz CT molecular complexity index is 1390. The Kier molecular flexibility index (Phi) is 7.04. The molecule has 1 aliphatic rings. The van der Waals surface area contributed by atoms with E-state index in [2.05, 4.69) is 42.9 Å². The van der Waals surface area contributed by atoms with Crippen molar-refractivity contribution in [3.8, 4) is 11.3 Å². The average molecular weight is 500 g/mol. The van der Waals surface area contributed by atoms with E-state index in [9.17, 15) is 13.6 Å². The van der Waals surface area contributed by atoms with Gasteiger partial charge in [0.25, 0.3) is 6.43 Å². The predicted molar refractivity (Wildman–Crippen MR) is 135 cm³/mol. The van der Waals surface area contributed by atoms with Crippen LogP contribution in [0, 0.1) is 6.92 Å². The SMILES string of the molecule is CC(=O)NC1(C)CCC1.CNc1nc(NC)c2c(-c3ccc4nc(C)n(CC(F)F)c4n3)ccn2n1. The number of nitrogens with one attached hydrogen (secondary N) is 3. The number of fused-ring (bicyclic) bond motifs is 2. The second kappa shape index (κ2) is 10.0. The number of anilines is 2. The Morgan fingerprint density at radius 3 is 2.44 bits per heavy atom. The lowest BCUT2D eigenvalue weighted by molar-refractivity contribution is -0.121. The molecule has 10 nitrogen and oxygen atoms in total. The molecule has 1 aliphatic carbocycles. The minimum atomic E-state index is -2.48. The van der Waals surface area contributed by atoms with E-state index in [-0.39, 0.29) is 11.4 Å². The van der Waals surface area contributed by atoms with Gasteiger partial charge in [0.2, 0.25) is 11.9 Å². The summed E-state index contributed by atoms with van der Waals surface area (Å²) in [4.78, 5) is 23.9. The maximum Gasteiger partial charge on any atom is 0.256 e. The zero-order chi connectivity index (χ0) is 26.0. The fourth-order valence-electron chi connectivity index (χ4n) is 4.39.